The molecule has 0 saturated carbocycles. The molecule has 1 aromatic rings. The van der Waals surface area contributed by atoms with Gasteiger partial charge in [-0.2, -0.15) is 0 Å². The van der Waals surface area contributed by atoms with Crippen molar-refractivity contribution < 1.29 is 29.9 Å². The van der Waals surface area contributed by atoms with E-state index in [9.17, 15) is 14.7 Å². The Morgan fingerprint density at radius 1 is 1.38 bits per heavy atom. The van der Waals surface area contributed by atoms with Gasteiger partial charge in [-0.3, -0.25) is 4.79 Å². The van der Waals surface area contributed by atoms with Gasteiger partial charge in [-0.15, -0.1) is 0 Å². The van der Waals surface area contributed by atoms with E-state index < -0.39 is 6.04 Å². The van der Waals surface area contributed by atoms with Crippen LogP contribution in [0.3, 0.4) is 0 Å². The number of benzene rings is 1. The molecule has 134 valence electrons. The molecule has 0 radical (unpaired) electrons. The van der Waals surface area contributed by atoms with Crippen molar-refractivity contribution in [1.82, 2.24) is 5.32 Å². The number of methoxy groups -OCH3 is 1. The predicted octanol–water partition coefficient (Wildman–Crippen LogP) is 0.259. The van der Waals surface area contributed by atoms with Gasteiger partial charge in [-0.25, -0.2) is 4.79 Å². The summed E-state index contributed by atoms with van der Waals surface area (Å²) >= 11 is 0. The fourth-order valence-electron chi connectivity index (χ4n) is 2.05. The van der Waals surface area contributed by atoms with E-state index in [1.165, 1.54) is 13.2 Å². The van der Waals surface area contributed by atoms with Crippen LogP contribution in [-0.2, 0) is 20.7 Å². The number of hydrogen-bond donors (Lipinski definition) is 3. The van der Waals surface area contributed by atoms with Gasteiger partial charge in [-0.05, 0) is 24.1 Å². The van der Waals surface area contributed by atoms with Crippen molar-refractivity contribution in [3.05, 3.63) is 23.8 Å². The number of phenolic OH excluding ortho intramolecular Hbond substituents is 1. The van der Waals surface area contributed by atoms with E-state index in [1.54, 1.807) is 12.1 Å². The molecule has 1 rings (SSSR count). The molecule has 2 atom stereocenters. The zero-order valence-corrected chi connectivity index (χ0v) is 14.5. The fraction of sp³-hybridized carbons (Fsp3) is 0.529. The molecular weight excluding hydrogens is 312 g/mol. The molecule has 0 aliphatic heterocycles. The van der Waals surface area contributed by atoms with Crippen LogP contribution in [0.1, 0.15) is 25.8 Å². The lowest BCUT2D eigenvalue weighted by molar-refractivity contribution is -0.420. The van der Waals surface area contributed by atoms with Crippen LogP contribution in [0.4, 0.5) is 0 Å². The number of carbonyl (C=O) groups is 2. The number of amides is 1. The van der Waals surface area contributed by atoms with E-state index in [0.717, 1.165) is 6.42 Å². The molecule has 0 aromatic heterocycles. The highest BCUT2D eigenvalue weighted by atomic mass is 16.5. The molecule has 0 saturated heterocycles. The summed E-state index contributed by atoms with van der Waals surface area (Å²) in [5.74, 6) is -0.0382. The van der Waals surface area contributed by atoms with E-state index in [-0.39, 0.29) is 43.1 Å². The van der Waals surface area contributed by atoms with Gasteiger partial charge in [-0.1, -0.05) is 19.9 Å². The zero-order valence-electron chi connectivity index (χ0n) is 14.5. The molecule has 1 aromatic carbocycles. The first-order valence-corrected chi connectivity index (χ1v) is 8.01. The molecule has 0 fully saturated rings. The third-order valence-corrected chi connectivity index (χ3v) is 3.91. The van der Waals surface area contributed by atoms with E-state index in [4.69, 9.17) is 9.47 Å². The van der Waals surface area contributed by atoms with Gasteiger partial charge in [0.1, 0.15) is 6.61 Å². The molecule has 7 nitrogen and oxygen atoms in total. The number of hydrogen-bond acceptors (Lipinski definition) is 5. The maximum absolute atomic E-state index is 11.9. The Kier molecular flexibility index (Phi) is 8.05. The van der Waals surface area contributed by atoms with Gasteiger partial charge in [0.05, 0.1) is 20.1 Å². The second-order valence-corrected chi connectivity index (χ2v) is 5.69. The zero-order chi connectivity index (χ0) is 18.1. The van der Waals surface area contributed by atoms with Gasteiger partial charge in [0.2, 0.25) is 5.91 Å². The number of phenols is 1. The van der Waals surface area contributed by atoms with Gasteiger partial charge in [0, 0.05) is 5.92 Å². The number of ether oxygens (including phenoxy) is 2. The topological polar surface area (TPSA) is 112 Å². The molecule has 1 amide bonds. The van der Waals surface area contributed by atoms with E-state index in [0.29, 0.717) is 11.3 Å². The summed E-state index contributed by atoms with van der Waals surface area (Å²) in [7, 11) is 1.45. The van der Waals surface area contributed by atoms with Crippen LogP contribution in [0, 0.1) is 5.92 Å². The molecule has 0 heterocycles. The average molecular weight is 339 g/mol. The summed E-state index contributed by atoms with van der Waals surface area (Å²) in [6, 6.07) is 4.34. The molecule has 0 bridgehead atoms. The van der Waals surface area contributed by atoms with Crippen molar-refractivity contribution in [2.24, 2.45) is 5.92 Å². The van der Waals surface area contributed by atoms with Gasteiger partial charge in [0.15, 0.2) is 17.5 Å². The van der Waals surface area contributed by atoms with Crippen LogP contribution >= 0.6 is 0 Å². The fourth-order valence-corrected chi connectivity index (χ4v) is 2.05. The minimum atomic E-state index is -0.393. The summed E-state index contributed by atoms with van der Waals surface area (Å²) in [4.78, 5) is 23.6. The summed E-state index contributed by atoms with van der Waals surface area (Å²) in [5, 5.41) is 12.2. The van der Waals surface area contributed by atoms with E-state index in [2.05, 4.69) is 11.1 Å². The standard InChI is InChI=1S/C17H26N2O5/c1-4-11(2)16(18)17(22)24-8-7-19-15(21)10-12-5-6-13(20)14(9-12)23-3/h5-6,9,11,16,20H,4,7-8,10,18H2,1-3H3,(H,19,21)/p+1/t11?,16-/m0/s1. The summed E-state index contributed by atoms with van der Waals surface area (Å²) in [6.07, 6.45) is 1.01. The number of esters is 1. The Bertz CT molecular complexity index is 562. The number of carbonyl (C=O) groups excluding carboxylic acids is 2. The van der Waals surface area contributed by atoms with Gasteiger partial charge in [0.25, 0.3) is 0 Å². The van der Waals surface area contributed by atoms with Crippen LogP contribution in [0.2, 0.25) is 0 Å². The van der Waals surface area contributed by atoms with Crippen molar-refractivity contribution in [3.8, 4) is 11.5 Å². The van der Waals surface area contributed by atoms with Crippen molar-refractivity contribution in [2.45, 2.75) is 32.7 Å². The third kappa shape index (κ3) is 6.08. The minimum absolute atomic E-state index is 0.0256. The molecular formula is C17H27N2O5+. The van der Waals surface area contributed by atoms with Gasteiger partial charge >= 0.3 is 5.97 Å². The number of nitrogens with one attached hydrogen (secondary N) is 1. The van der Waals surface area contributed by atoms with Crippen LogP contribution in [0.15, 0.2) is 18.2 Å². The van der Waals surface area contributed by atoms with E-state index >= 15 is 0 Å². The molecule has 0 spiro atoms. The Balaban J connectivity index is 2.33. The number of aromatic hydroxyl groups is 1. The molecule has 0 aliphatic rings. The third-order valence-electron chi connectivity index (χ3n) is 3.91. The Hall–Kier alpha value is -2.28. The monoisotopic (exact) mass is 339 g/mol. The lowest BCUT2D eigenvalue weighted by Crippen LogP contribution is -2.68. The first-order valence-electron chi connectivity index (χ1n) is 8.01. The Labute approximate surface area is 142 Å². The Morgan fingerprint density at radius 2 is 2.08 bits per heavy atom. The summed E-state index contributed by atoms with van der Waals surface area (Å²) < 4.78 is 10.1. The highest BCUT2D eigenvalue weighted by Gasteiger charge is 2.24. The quantitative estimate of drug-likeness (QED) is 0.441. The second kappa shape index (κ2) is 9.77. The predicted molar refractivity (Wildman–Crippen MR) is 88.5 cm³/mol. The largest absolute Gasteiger partial charge is 0.504 e. The highest BCUT2D eigenvalue weighted by Crippen LogP contribution is 2.26. The molecule has 7 heteroatoms. The van der Waals surface area contributed by atoms with Crippen molar-refractivity contribution in [2.75, 3.05) is 20.3 Å². The van der Waals surface area contributed by atoms with Gasteiger partial charge < -0.3 is 25.6 Å². The number of rotatable bonds is 9. The molecule has 5 N–H and O–H groups in total. The lowest BCUT2D eigenvalue weighted by atomic mass is 10.0. The lowest BCUT2D eigenvalue weighted by Gasteiger charge is -2.14. The maximum atomic E-state index is 11.9. The number of quaternary nitrogens is 1. The minimum Gasteiger partial charge on any atom is -0.504 e. The smallest absolute Gasteiger partial charge is 0.365 e. The first kappa shape index (κ1) is 19.8. The van der Waals surface area contributed by atoms with Crippen LogP contribution in [0.5, 0.6) is 11.5 Å². The van der Waals surface area contributed by atoms with Crippen molar-refractivity contribution in [1.29, 1.82) is 0 Å². The molecule has 1 unspecified atom stereocenters. The van der Waals surface area contributed by atoms with E-state index in [1.807, 2.05) is 13.8 Å². The van der Waals surface area contributed by atoms with Crippen molar-refractivity contribution in [3.63, 3.8) is 0 Å². The first-order chi connectivity index (χ1) is 11.4. The van der Waals surface area contributed by atoms with Crippen LogP contribution in [-0.4, -0.2) is 43.3 Å². The summed E-state index contributed by atoms with van der Waals surface area (Å²) in [5.41, 5.74) is 4.52. The highest BCUT2D eigenvalue weighted by molar-refractivity contribution is 5.79. The van der Waals surface area contributed by atoms with Crippen molar-refractivity contribution >= 4 is 11.9 Å². The second-order valence-electron chi connectivity index (χ2n) is 5.69. The Morgan fingerprint density at radius 3 is 2.71 bits per heavy atom. The average Bonchev–Trinajstić information content (AvgIpc) is 2.58. The normalized spacial score (nSPS) is 13.0. The van der Waals surface area contributed by atoms with Crippen LogP contribution < -0.4 is 15.8 Å². The summed E-state index contributed by atoms with van der Waals surface area (Å²) in [6.45, 7) is 4.31. The molecule has 24 heavy (non-hydrogen) atoms. The maximum Gasteiger partial charge on any atom is 0.365 e. The molecule has 0 aliphatic carbocycles. The SMILES string of the molecule is CCC(C)[C@H]([NH3+])C(=O)OCCNC(=O)Cc1ccc(O)c(OC)c1. The van der Waals surface area contributed by atoms with Crippen LogP contribution in [0.25, 0.3) is 0 Å².